The summed E-state index contributed by atoms with van der Waals surface area (Å²) in [5.74, 6) is -1.94. The zero-order valence-corrected chi connectivity index (χ0v) is 29.2. The Bertz CT molecular complexity index is 2210. The lowest BCUT2D eigenvalue weighted by molar-refractivity contribution is -0.122. The second kappa shape index (κ2) is 12.3. The molecule has 0 aromatic heterocycles. The minimum absolute atomic E-state index is 0.00903. The van der Waals surface area contributed by atoms with Gasteiger partial charge in [-0.05, 0) is 47.6 Å². The van der Waals surface area contributed by atoms with Crippen LogP contribution >= 0.6 is 0 Å². The molecule has 16 heteroatoms. The summed E-state index contributed by atoms with van der Waals surface area (Å²) in [6, 6.07) is 17.1. The number of anilines is 2. The molecule has 3 aliphatic rings. The average molecular weight is 722 g/mol. The van der Waals surface area contributed by atoms with E-state index in [2.05, 4.69) is 19.8 Å². The van der Waals surface area contributed by atoms with Crippen LogP contribution in [0.1, 0.15) is 56.3 Å². The zero-order valence-electron chi connectivity index (χ0n) is 27.6. The number of nitrogens with one attached hydrogen (secondary N) is 3. The predicted molar refractivity (Wildman–Crippen MR) is 185 cm³/mol. The van der Waals surface area contributed by atoms with Crippen LogP contribution in [0.3, 0.4) is 0 Å². The van der Waals surface area contributed by atoms with Crippen LogP contribution in [-0.4, -0.2) is 63.4 Å². The number of hydrogen-bond donors (Lipinski definition) is 4. The molecule has 2 aliphatic heterocycles. The number of amides is 3. The van der Waals surface area contributed by atoms with Gasteiger partial charge in [0.25, 0.3) is 10.0 Å². The standard InChI is InChI=1S/C34H35N5O9S2/c1-33(2,3)16-17-34(36-31(42)39-25(19-48-32(39)43)20-10-6-5-7-11-20)23-13-9-8-12-22(23)28(40)27(29(34)41)30-35-24-15-14-21(37-49(4,44)45)18-26(24)50(46,47)38-30/h5-15,18,25,37,40H,16-17,19H2,1-4H3,(H,35,38)(H,36,42)/t25-,34-/m0/s1. The number of carbonyl (C=O) groups is 3. The molecule has 0 bridgehead atoms. The number of ether oxygens (including phenoxy) is 1. The highest BCUT2D eigenvalue weighted by atomic mass is 32.2. The van der Waals surface area contributed by atoms with Crippen LogP contribution in [-0.2, 0) is 35.1 Å². The Balaban J connectivity index is 1.47. The van der Waals surface area contributed by atoms with Gasteiger partial charge < -0.3 is 20.5 Å². The SMILES string of the molecule is CC(C)(C)CC[C@@]1(NC(=O)N2C(=O)OC[C@H]2c2ccccc2)C(=O)C(C2=NS(=O)(=O)c3cc(NS(C)(=O)=O)ccc3N2)=C(O)c2ccccc21. The second-order valence-corrected chi connectivity index (χ2v) is 16.8. The number of fused-ring (bicyclic) bond motifs is 2. The molecule has 262 valence electrons. The topological polar surface area (TPSA) is 201 Å². The van der Waals surface area contributed by atoms with Crippen LogP contribution in [0.25, 0.3) is 5.76 Å². The number of benzene rings is 3. The molecule has 2 heterocycles. The van der Waals surface area contributed by atoms with Crippen LogP contribution in [0, 0.1) is 5.41 Å². The van der Waals surface area contributed by atoms with Gasteiger partial charge >= 0.3 is 12.1 Å². The number of carbonyl (C=O) groups excluding carboxylic acids is 3. The van der Waals surface area contributed by atoms with Gasteiger partial charge in [-0.3, -0.25) is 9.52 Å². The maximum Gasteiger partial charge on any atom is 0.418 e. The summed E-state index contributed by atoms with van der Waals surface area (Å²) in [4.78, 5) is 42.8. The first-order valence-corrected chi connectivity index (χ1v) is 18.9. The number of Topliss-reactive ketones (excluding diaryl/α,β-unsaturated/α-hetero) is 1. The molecular formula is C34H35N5O9S2. The van der Waals surface area contributed by atoms with E-state index in [9.17, 15) is 36.3 Å². The van der Waals surface area contributed by atoms with Gasteiger partial charge in [0.2, 0.25) is 10.0 Å². The van der Waals surface area contributed by atoms with Crippen molar-refractivity contribution >= 4 is 60.9 Å². The molecule has 0 unspecified atom stereocenters. The van der Waals surface area contributed by atoms with Gasteiger partial charge in [-0.15, -0.1) is 4.40 Å². The summed E-state index contributed by atoms with van der Waals surface area (Å²) in [5.41, 5.74) is -1.84. The predicted octanol–water partition coefficient (Wildman–Crippen LogP) is 5.05. The number of imide groups is 1. The third-order valence-corrected chi connectivity index (χ3v) is 10.5. The van der Waals surface area contributed by atoms with Crippen LogP contribution < -0.4 is 15.4 Å². The fourth-order valence-electron chi connectivity index (χ4n) is 6.21. The van der Waals surface area contributed by atoms with E-state index < -0.39 is 66.7 Å². The minimum Gasteiger partial charge on any atom is -0.506 e. The molecule has 2 atom stereocenters. The maximum absolute atomic E-state index is 15.0. The molecule has 3 amide bonds. The van der Waals surface area contributed by atoms with E-state index in [0.717, 1.165) is 17.2 Å². The summed E-state index contributed by atoms with van der Waals surface area (Å²) in [6.45, 7) is 5.73. The van der Waals surface area contributed by atoms with Gasteiger partial charge in [-0.1, -0.05) is 75.4 Å². The van der Waals surface area contributed by atoms with Crippen LogP contribution in [0.4, 0.5) is 21.0 Å². The smallest absolute Gasteiger partial charge is 0.418 e. The van der Waals surface area contributed by atoms with E-state index in [-0.39, 0.29) is 45.8 Å². The summed E-state index contributed by atoms with van der Waals surface area (Å²) in [6.07, 6.45) is 0.357. The van der Waals surface area contributed by atoms with Crippen molar-refractivity contribution in [3.05, 3.63) is 95.1 Å². The fourth-order valence-corrected chi connectivity index (χ4v) is 7.91. The van der Waals surface area contributed by atoms with Crippen molar-refractivity contribution in [2.75, 3.05) is 22.9 Å². The number of rotatable bonds is 7. The third kappa shape index (κ3) is 6.43. The number of sulfonamides is 2. The molecule has 0 saturated carbocycles. The Morgan fingerprint density at radius 3 is 2.44 bits per heavy atom. The quantitative estimate of drug-likeness (QED) is 0.256. The Hall–Kier alpha value is -5.22. The molecule has 1 fully saturated rings. The lowest BCUT2D eigenvalue weighted by Crippen LogP contribution is -2.59. The van der Waals surface area contributed by atoms with Crippen molar-refractivity contribution in [2.45, 2.75) is 50.1 Å². The monoisotopic (exact) mass is 721 g/mol. The first kappa shape index (κ1) is 34.6. The third-order valence-electron chi connectivity index (χ3n) is 8.60. The number of urea groups is 1. The molecule has 0 spiro atoms. The van der Waals surface area contributed by atoms with E-state index in [0.29, 0.717) is 12.0 Å². The van der Waals surface area contributed by atoms with Gasteiger partial charge in [-0.25, -0.2) is 22.9 Å². The lowest BCUT2D eigenvalue weighted by Gasteiger charge is -2.41. The Kier molecular flexibility index (Phi) is 8.51. The summed E-state index contributed by atoms with van der Waals surface area (Å²) >= 11 is 0. The van der Waals surface area contributed by atoms with Crippen LogP contribution in [0.2, 0.25) is 0 Å². The van der Waals surface area contributed by atoms with Crippen molar-refractivity contribution in [3.63, 3.8) is 0 Å². The molecule has 4 N–H and O–H groups in total. The van der Waals surface area contributed by atoms with Crippen LogP contribution in [0.5, 0.6) is 0 Å². The van der Waals surface area contributed by atoms with Gasteiger partial charge in [0.1, 0.15) is 34.4 Å². The van der Waals surface area contributed by atoms with Crippen molar-refractivity contribution in [1.29, 1.82) is 0 Å². The number of cyclic esters (lactones) is 1. The van der Waals surface area contributed by atoms with Crippen molar-refractivity contribution < 1.29 is 41.1 Å². The first-order valence-electron chi connectivity index (χ1n) is 15.6. The summed E-state index contributed by atoms with van der Waals surface area (Å²) in [5, 5.41) is 17.3. The Morgan fingerprint density at radius 1 is 1.08 bits per heavy atom. The summed E-state index contributed by atoms with van der Waals surface area (Å²) < 4.78 is 61.9. The minimum atomic E-state index is -4.56. The van der Waals surface area contributed by atoms with E-state index in [1.54, 1.807) is 48.5 Å². The van der Waals surface area contributed by atoms with E-state index in [4.69, 9.17) is 4.74 Å². The van der Waals surface area contributed by atoms with Crippen molar-refractivity contribution in [2.24, 2.45) is 9.81 Å². The number of aliphatic hydroxyl groups is 1. The largest absolute Gasteiger partial charge is 0.506 e. The Morgan fingerprint density at radius 2 is 1.76 bits per heavy atom. The summed E-state index contributed by atoms with van der Waals surface area (Å²) in [7, 11) is -8.29. The molecule has 50 heavy (non-hydrogen) atoms. The van der Waals surface area contributed by atoms with Gasteiger partial charge in [0, 0.05) is 11.3 Å². The van der Waals surface area contributed by atoms with Gasteiger partial charge in [0.05, 0.1) is 11.9 Å². The highest BCUT2D eigenvalue weighted by molar-refractivity contribution is 7.92. The molecule has 3 aromatic carbocycles. The number of hydrogen-bond acceptors (Lipinski definition) is 10. The Labute approximate surface area is 289 Å². The van der Waals surface area contributed by atoms with E-state index >= 15 is 0 Å². The molecule has 1 aliphatic carbocycles. The number of ketones is 1. The first-order chi connectivity index (χ1) is 23.4. The molecule has 0 radical (unpaired) electrons. The van der Waals surface area contributed by atoms with E-state index in [1.165, 1.54) is 18.2 Å². The average Bonchev–Trinajstić information content (AvgIpc) is 3.43. The fraction of sp³-hybridized carbons (Fsp3) is 0.294. The molecule has 6 rings (SSSR count). The van der Waals surface area contributed by atoms with Crippen LogP contribution in [0.15, 0.2) is 87.7 Å². The molecule has 1 saturated heterocycles. The molecule has 3 aromatic rings. The van der Waals surface area contributed by atoms with Gasteiger partial charge in [0.15, 0.2) is 11.6 Å². The van der Waals surface area contributed by atoms with Crippen molar-refractivity contribution in [3.8, 4) is 0 Å². The van der Waals surface area contributed by atoms with Gasteiger partial charge in [-0.2, -0.15) is 8.42 Å². The maximum atomic E-state index is 15.0. The lowest BCUT2D eigenvalue weighted by atomic mass is 9.70. The molecular weight excluding hydrogens is 687 g/mol. The van der Waals surface area contributed by atoms with E-state index in [1.807, 2.05) is 20.8 Å². The number of nitrogens with zero attached hydrogens (tertiary/aromatic N) is 2. The zero-order chi connectivity index (χ0) is 36.2. The molecule has 14 nitrogen and oxygen atoms in total. The highest BCUT2D eigenvalue weighted by Gasteiger charge is 2.53. The normalized spacial score (nSPS) is 21.4. The number of amidine groups is 1. The van der Waals surface area contributed by atoms with Crippen molar-refractivity contribution in [1.82, 2.24) is 10.2 Å². The second-order valence-electron chi connectivity index (χ2n) is 13.5. The number of aliphatic hydroxyl groups excluding tert-OH is 1. The highest BCUT2D eigenvalue weighted by Crippen LogP contribution is 2.45.